The number of carbonyl (C=O) groups excluding carboxylic acids is 1. The molecular weight excluding hydrogens is 310 g/mol. The molecule has 3 aromatic rings. The van der Waals surface area contributed by atoms with Crippen LogP contribution in [-0.4, -0.2) is 22.9 Å². The first-order valence-electron chi connectivity index (χ1n) is 7.07. The number of pyridine rings is 1. The summed E-state index contributed by atoms with van der Waals surface area (Å²) in [5.41, 5.74) is 4.55. The number of rotatable bonds is 5. The zero-order chi connectivity index (χ0) is 16.1. The molecule has 0 saturated heterocycles. The van der Waals surface area contributed by atoms with Crippen LogP contribution in [0.3, 0.4) is 0 Å². The van der Waals surface area contributed by atoms with Gasteiger partial charge >= 0.3 is 0 Å². The summed E-state index contributed by atoms with van der Waals surface area (Å²) >= 11 is 1.38. The molecule has 0 unspecified atom stereocenters. The smallest absolute Gasteiger partial charge is 0.250 e. The first-order chi connectivity index (χ1) is 11.2. The summed E-state index contributed by atoms with van der Waals surface area (Å²) in [5.74, 6) is 0.649. The number of nitrogens with zero attached hydrogens (tertiary/aromatic N) is 2. The Morgan fingerprint density at radius 1 is 1.35 bits per heavy atom. The van der Waals surface area contributed by atoms with Crippen LogP contribution < -0.4 is 5.43 Å². The molecular formula is C17H15N3O2S. The summed E-state index contributed by atoms with van der Waals surface area (Å²) < 4.78 is 5.08. The largest absolute Gasteiger partial charge is 0.463 e. The molecule has 0 atom stereocenters. The Bertz CT molecular complexity index is 844. The number of carbonyl (C=O) groups is 1. The maximum absolute atomic E-state index is 11.8. The summed E-state index contributed by atoms with van der Waals surface area (Å²) in [5, 5.41) is 5.80. The minimum Gasteiger partial charge on any atom is -0.463 e. The number of hydrogen-bond donors (Lipinski definition) is 1. The Balaban J connectivity index is 1.58. The third-order valence-corrected chi connectivity index (χ3v) is 4.09. The van der Waals surface area contributed by atoms with E-state index < -0.39 is 0 Å². The van der Waals surface area contributed by atoms with Gasteiger partial charge in [0.15, 0.2) is 0 Å². The van der Waals surface area contributed by atoms with Gasteiger partial charge in [0.1, 0.15) is 5.76 Å². The molecule has 23 heavy (non-hydrogen) atoms. The summed E-state index contributed by atoms with van der Waals surface area (Å²) in [4.78, 5) is 16.3. The Morgan fingerprint density at radius 3 is 3.04 bits per heavy atom. The molecule has 5 nitrogen and oxygen atoms in total. The number of benzene rings is 1. The zero-order valence-corrected chi connectivity index (χ0v) is 13.3. The molecule has 0 fully saturated rings. The predicted octanol–water partition coefficient (Wildman–Crippen LogP) is 3.38. The molecule has 1 amide bonds. The number of aromatic nitrogens is 1. The van der Waals surface area contributed by atoms with Gasteiger partial charge in [0.05, 0.1) is 28.8 Å². The monoisotopic (exact) mass is 325 g/mol. The molecule has 0 saturated carbocycles. The van der Waals surface area contributed by atoms with Crippen molar-refractivity contribution in [3.63, 3.8) is 0 Å². The fourth-order valence-corrected chi connectivity index (χ4v) is 2.86. The maximum Gasteiger partial charge on any atom is 0.250 e. The lowest BCUT2D eigenvalue weighted by Crippen LogP contribution is -2.19. The normalized spacial score (nSPS) is 11.2. The summed E-state index contributed by atoms with van der Waals surface area (Å²) in [6.07, 6.45) is 3.01. The second-order valence-electron chi connectivity index (χ2n) is 4.89. The topological polar surface area (TPSA) is 67.5 Å². The van der Waals surface area contributed by atoms with Crippen molar-refractivity contribution in [2.45, 2.75) is 11.9 Å². The number of para-hydroxylation sites is 1. The number of aryl methyl sites for hydroxylation is 1. The van der Waals surface area contributed by atoms with Crippen molar-refractivity contribution in [3.8, 4) is 0 Å². The van der Waals surface area contributed by atoms with Crippen LogP contribution in [0.2, 0.25) is 0 Å². The van der Waals surface area contributed by atoms with Gasteiger partial charge in [0.2, 0.25) is 5.91 Å². The van der Waals surface area contributed by atoms with E-state index in [-0.39, 0.29) is 11.7 Å². The van der Waals surface area contributed by atoms with Gasteiger partial charge < -0.3 is 4.42 Å². The Kier molecular flexibility index (Phi) is 4.73. The van der Waals surface area contributed by atoms with Gasteiger partial charge in [-0.05, 0) is 36.8 Å². The molecule has 0 aliphatic heterocycles. The van der Waals surface area contributed by atoms with Crippen LogP contribution >= 0.6 is 11.8 Å². The number of hydrazone groups is 1. The van der Waals surface area contributed by atoms with Crippen LogP contribution in [0.4, 0.5) is 0 Å². The Labute approximate surface area is 137 Å². The van der Waals surface area contributed by atoms with Crippen LogP contribution in [0.5, 0.6) is 0 Å². The summed E-state index contributed by atoms with van der Waals surface area (Å²) in [6, 6.07) is 13.5. The minimum absolute atomic E-state index is 0.189. The molecule has 0 radical (unpaired) electrons. The van der Waals surface area contributed by atoms with Crippen molar-refractivity contribution in [1.29, 1.82) is 0 Å². The van der Waals surface area contributed by atoms with Crippen LogP contribution in [0.1, 0.15) is 11.3 Å². The molecule has 0 aliphatic rings. The van der Waals surface area contributed by atoms with E-state index in [0.717, 1.165) is 21.5 Å². The number of hydrogen-bond acceptors (Lipinski definition) is 5. The van der Waals surface area contributed by atoms with Crippen molar-refractivity contribution in [2.75, 3.05) is 5.75 Å². The van der Waals surface area contributed by atoms with E-state index in [9.17, 15) is 4.79 Å². The molecule has 2 heterocycles. The zero-order valence-electron chi connectivity index (χ0n) is 12.5. The van der Waals surface area contributed by atoms with E-state index in [1.807, 2.05) is 37.3 Å². The van der Waals surface area contributed by atoms with E-state index >= 15 is 0 Å². The highest BCUT2D eigenvalue weighted by atomic mass is 32.2. The van der Waals surface area contributed by atoms with Gasteiger partial charge in [-0.15, -0.1) is 0 Å². The lowest BCUT2D eigenvalue weighted by Gasteiger charge is -2.05. The highest BCUT2D eigenvalue weighted by molar-refractivity contribution is 7.99. The van der Waals surface area contributed by atoms with E-state index in [2.05, 4.69) is 15.5 Å². The van der Waals surface area contributed by atoms with Crippen molar-refractivity contribution in [3.05, 3.63) is 60.1 Å². The summed E-state index contributed by atoms with van der Waals surface area (Å²) in [6.45, 7) is 2.04. The second-order valence-corrected chi connectivity index (χ2v) is 5.89. The minimum atomic E-state index is -0.189. The molecule has 6 heteroatoms. The lowest BCUT2D eigenvalue weighted by molar-refractivity contribution is -0.118. The predicted molar refractivity (Wildman–Crippen MR) is 91.6 cm³/mol. The SMILES string of the molecule is Cc1cc(SCC(=O)N/N=C/c2ccco2)nc2ccccc12. The third kappa shape index (κ3) is 3.98. The van der Waals surface area contributed by atoms with Crippen LogP contribution in [0.15, 0.2) is 63.3 Å². The van der Waals surface area contributed by atoms with Gasteiger partial charge in [-0.2, -0.15) is 5.10 Å². The molecule has 0 aliphatic carbocycles. The van der Waals surface area contributed by atoms with E-state index in [4.69, 9.17) is 4.42 Å². The van der Waals surface area contributed by atoms with E-state index in [1.165, 1.54) is 18.0 Å². The van der Waals surface area contributed by atoms with Gasteiger partial charge in [-0.25, -0.2) is 10.4 Å². The first-order valence-corrected chi connectivity index (χ1v) is 8.05. The number of amides is 1. The lowest BCUT2D eigenvalue weighted by atomic mass is 10.1. The van der Waals surface area contributed by atoms with Crippen molar-refractivity contribution < 1.29 is 9.21 Å². The van der Waals surface area contributed by atoms with Crippen LogP contribution in [0, 0.1) is 6.92 Å². The van der Waals surface area contributed by atoms with Crippen LogP contribution in [0.25, 0.3) is 10.9 Å². The van der Waals surface area contributed by atoms with Crippen molar-refractivity contribution >= 4 is 34.8 Å². The fourth-order valence-electron chi connectivity index (χ4n) is 2.10. The van der Waals surface area contributed by atoms with E-state index in [1.54, 1.807) is 18.4 Å². The second kappa shape index (κ2) is 7.11. The van der Waals surface area contributed by atoms with Crippen LogP contribution in [-0.2, 0) is 4.79 Å². The van der Waals surface area contributed by atoms with Crippen molar-refractivity contribution in [1.82, 2.24) is 10.4 Å². The third-order valence-electron chi connectivity index (χ3n) is 3.17. The standard InChI is InChI=1S/C17H15N3O2S/c1-12-9-17(19-15-7-3-2-6-14(12)15)23-11-16(21)20-18-10-13-5-4-8-22-13/h2-10H,11H2,1H3,(H,20,21)/b18-10+. The average molecular weight is 325 g/mol. The maximum atomic E-state index is 11.8. The molecule has 116 valence electrons. The molecule has 3 rings (SSSR count). The molecule has 0 bridgehead atoms. The number of nitrogens with one attached hydrogen (secondary N) is 1. The number of furan rings is 1. The highest BCUT2D eigenvalue weighted by Crippen LogP contribution is 2.23. The average Bonchev–Trinajstić information content (AvgIpc) is 3.06. The number of fused-ring (bicyclic) bond motifs is 1. The molecule has 0 spiro atoms. The van der Waals surface area contributed by atoms with Gasteiger partial charge in [-0.1, -0.05) is 30.0 Å². The van der Waals surface area contributed by atoms with Gasteiger partial charge in [0.25, 0.3) is 0 Å². The van der Waals surface area contributed by atoms with Crippen molar-refractivity contribution in [2.24, 2.45) is 5.10 Å². The van der Waals surface area contributed by atoms with Gasteiger partial charge in [0, 0.05) is 5.39 Å². The molecule has 2 aromatic heterocycles. The highest BCUT2D eigenvalue weighted by Gasteiger charge is 2.06. The Hall–Kier alpha value is -2.60. The summed E-state index contributed by atoms with van der Waals surface area (Å²) in [7, 11) is 0. The first kappa shape index (κ1) is 15.3. The van der Waals surface area contributed by atoms with Gasteiger partial charge in [-0.3, -0.25) is 4.79 Å². The quantitative estimate of drug-likeness (QED) is 0.444. The van der Waals surface area contributed by atoms with E-state index in [0.29, 0.717) is 5.76 Å². The Morgan fingerprint density at radius 2 is 2.22 bits per heavy atom. The fraction of sp³-hybridized carbons (Fsp3) is 0.118. The molecule has 1 aromatic carbocycles. The molecule has 1 N–H and O–H groups in total. The number of thioether (sulfide) groups is 1.